The van der Waals surface area contributed by atoms with Crippen LogP contribution in [0, 0.1) is 11.3 Å². The van der Waals surface area contributed by atoms with Crippen molar-refractivity contribution in [3.63, 3.8) is 0 Å². The van der Waals surface area contributed by atoms with Crippen molar-refractivity contribution in [2.45, 2.75) is 0 Å². The Bertz CT molecular complexity index is 615. The third kappa shape index (κ3) is 2.47. The number of benzene rings is 2. The molecule has 0 saturated carbocycles. The number of para-hydroxylation sites is 1. The molecule has 3 N–H and O–H groups in total. The minimum Gasteiger partial charge on any atom is -0.398 e. The summed E-state index contributed by atoms with van der Waals surface area (Å²) in [6, 6.07) is 15.7. The Morgan fingerprint density at radius 1 is 1.17 bits per heavy atom. The second-order valence-corrected chi connectivity index (χ2v) is 3.73. The lowest BCUT2D eigenvalue weighted by Gasteiger charge is -2.07. The molecule has 0 aliphatic carbocycles. The van der Waals surface area contributed by atoms with Crippen molar-refractivity contribution in [2.24, 2.45) is 0 Å². The highest BCUT2D eigenvalue weighted by molar-refractivity contribution is 6.07. The number of nitrogens with zero attached hydrogens (tertiary/aromatic N) is 1. The summed E-state index contributed by atoms with van der Waals surface area (Å²) < 4.78 is 0. The molecule has 88 valence electrons. The molecular formula is C14H11N3O. The van der Waals surface area contributed by atoms with Gasteiger partial charge in [-0.05, 0) is 30.3 Å². The number of nitriles is 1. The smallest absolute Gasteiger partial charge is 0.257 e. The fraction of sp³-hybridized carbons (Fsp3) is 0. The molecule has 0 bridgehead atoms. The van der Waals surface area contributed by atoms with Gasteiger partial charge in [-0.3, -0.25) is 4.79 Å². The van der Waals surface area contributed by atoms with Crippen LogP contribution >= 0.6 is 0 Å². The SMILES string of the molecule is N#Cc1ccc(N)c(C(=O)Nc2ccccc2)c1. The molecule has 2 aromatic rings. The zero-order valence-corrected chi connectivity index (χ0v) is 9.55. The van der Waals surface area contributed by atoms with E-state index >= 15 is 0 Å². The quantitative estimate of drug-likeness (QED) is 0.787. The summed E-state index contributed by atoms with van der Waals surface area (Å²) >= 11 is 0. The first-order chi connectivity index (χ1) is 8.70. The van der Waals surface area contributed by atoms with Gasteiger partial charge in [0.15, 0.2) is 0 Å². The molecule has 4 heteroatoms. The molecule has 2 aromatic carbocycles. The van der Waals surface area contributed by atoms with E-state index in [0.29, 0.717) is 22.5 Å². The van der Waals surface area contributed by atoms with Crippen molar-refractivity contribution in [1.29, 1.82) is 5.26 Å². The lowest BCUT2D eigenvalue weighted by Crippen LogP contribution is -2.14. The molecule has 0 spiro atoms. The largest absolute Gasteiger partial charge is 0.398 e. The first-order valence-corrected chi connectivity index (χ1v) is 5.37. The summed E-state index contributed by atoms with van der Waals surface area (Å²) in [5.41, 5.74) is 7.47. The fourth-order valence-corrected chi connectivity index (χ4v) is 1.54. The molecule has 0 aromatic heterocycles. The minimum atomic E-state index is -0.323. The van der Waals surface area contributed by atoms with Crippen molar-refractivity contribution in [1.82, 2.24) is 0 Å². The highest BCUT2D eigenvalue weighted by Crippen LogP contribution is 2.16. The van der Waals surface area contributed by atoms with Gasteiger partial charge in [0.2, 0.25) is 0 Å². The highest BCUT2D eigenvalue weighted by Gasteiger charge is 2.10. The van der Waals surface area contributed by atoms with Gasteiger partial charge in [-0.15, -0.1) is 0 Å². The highest BCUT2D eigenvalue weighted by atomic mass is 16.1. The van der Waals surface area contributed by atoms with E-state index in [1.54, 1.807) is 24.3 Å². The molecule has 2 rings (SSSR count). The number of hydrogen-bond donors (Lipinski definition) is 2. The average Bonchev–Trinajstić information content (AvgIpc) is 2.40. The van der Waals surface area contributed by atoms with Gasteiger partial charge < -0.3 is 11.1 Å². The van der Waals surface area contributed by atoms with Crippen LogP contribution < -0.4 is 11.1 Å². The van der Waals surface area contributed by atoms with Crippen molar-refractivity contribution >= 4 is 17.3 Å². The zero-order valence-electron chi connectivity index (χ0n) is 9.55. The van der Waals surface area contributed by atoms with Crippen molar-refractivity contribution < 1.29 is 4.79 Å². The van der Waals surface area contributed by atoms with Crippen LogP contribution in [-0.4, -0.2) is 5.91 Å². The van der Waals surface area contributed by atoms with E-state index in [9.17, 15) is 4.79 Å². The van der Waals surface area contributed by atoms with E-state index in [1.165, 1.54) is 6.07 Å². The summed E-state index contributed by atoms with van der Waals surface area (Å²) in [4.78, 5) is 12.0. The molecule has 0 atom stereocenters. The van der Waals surface area contributed by atoms with E-state index in [-0.39, 0.29) is 5.91 Å². The number of hydrogen-bond acceptors (Lipinski definition) is 3. The predicted molar refractivity (Wildman–Crippen MR) is 70.0 cm³/mol. The van der Waals surface area contributed by atoms with Gasteiger partial charge in [0.25, 0.3) is 5.91 Å². The number of carbonyl (C=O) groups is 1. The van der Waals surface area contributed by atoms with Gasteiger partial charge in [-0.2, -0.15) is 5.26 Å². The van der Waals surface area contributed by atoms with Crippen LogP contribution in [0.3, 0.4) is 0 Å². The summed E-state index contributed by atoms with van der Waals surface area (Å²) in [5, 5.41) is 11.5. The number of anilines is 2. The maximum absolute atomic E-state index is 12.0. The molecule has 18 heavy (non-hydrogen) atoms. The third-order valence-corrected chi connectivity index (χ3v) is 2.46. The van der Waals surface area contributed by atoms with Crippen LogP contribution in [-0.2, 0) is 0 Å². The topological polar surface area (TPSA) is 78.9 Å². The summed E-state index contributed by atoms with van der Waals surface area (Å²) in [6.45, 7) is 0. The molecule has 0 aliphatic heterocycles. The molecule has 4 nitrogen and oxygen atoms in total. The standard InChI is InChI=1S/C14H11N3O/c15-9-10-6-7-13(16)12(8-10)14(18)17-11-4-2-1-3-5-11/h1-8H,16H2,(H,17,18). The first kappa shape index (κ1) is 11.7. The molecule has 1 amide bonds. The van der Waals surface area contributed by atoms with Crippen LogP contribution in [0.15, 0.2) is 48.5 Å². The van der Waals surface area contributed by atoms with E-state index in [2.05, 4.69) is 5.32 Å². The van der Waals surface area contributed by atoms with Crippen LogP contribution in [0.1, 0.15) is 15.9 Å². The predicted octanol–water partition coefficient (Wildman–Crippen LogP) is 2.39. The Morgan fingerprint density at radius 2 is 1.89 bits per heavy atom. The Labute approximate surface area is 105 Å². The second kappa shape index (κ2) is 5.02. The molecule has 0 saturated heterocycles. The zero-order chi connectivity index (χ0) is 13.0. The lowest BCUT2D eigenvalue weighted by molar-refractivity contribution is 0.102. The van der Waals surface area contributed by atoms with Gasteiger partial charge in [0.05, 0.1) is 17.2 Å². The van der Waals surface area contributed by atoms with Gasteiger partial charge in [0, 0.05) is 11.4 Å². The number of amides is 1. The van der Waals surface area contributed by atoms with Crippen LogP contribution in [0.5, 0.6) is 0 Å². The Balaban J connectivity index is 2.27. The number of nitrogen functional groups attached to an aromatic ring is 1. The average molecular weight is 237 g/mol. The maximum atomic E-state index is 12.0. The van der Waals surface area contributed by atoms with E-state index in [1.807, 2.05) is 24.3 Å². The van der Waals surface area contributed by atoms with Gasteiger partial charge in [-0.1, -0.05) is 18.2 Å². The Hall–Kier alpha value is -2.80. The van der Waals surface area contributed by atoms with Crippen molar-refractivity contribution in [3.05, 3.63) is 59.7 Å². The second-order valence-electron chi connectivity index (χ2n) is 3.73. The summed E-state index contributed by atoms with van der Waals surface area (Å²) in [5.74, 6) is -0.323. The van der Waals surface area contributed by atoms with Gasteiger partial charge >= 0.3 is 0 Å². The third-order valence-electron chi connectivity index (χ3n) is 2.46. The van der Waals surface area contributed by atoms with E-state index in [0.717, 1.165) is 0 Å². The van der Waals surface area contributed by atoms with E-state index < -0.39 is 0 Å². The molecule has 0 heterocycles. The fourth-order valence-electron chi connectivity index (χ4n) is 1.54. The van der Waals surface area contributed by atoms with Crippen LogP contribution in [0.2, 0.25) is 0 Å². The number of carbonyl (C=O) groups excluding carboxylic acids is 1. The summed E-state index contributed by atoms with van der Waals surface area (Å²) in [7, 11) is 0. The lowest BCUT2D eigenvalue weighted by atomic mass is 10.1. The maximum Gasteiger partial charge on any atom is 0.257 e. The normalized spacial score (nSPS) is 9.50. The van der Waals surface area contributed by atoms with Crippen LogP contribution in [0.4, 0.5) is 11.4 Å². The Morgan fingerprint density at radius 3 is 2.56 bits per heavy atom. The molecule has 0 fully saturated rings. The van der Waals surface area contributed by atoms with Gasteiger partial charge in [-0.25, -0.2) is 0 Å². The molecule has 0 aliphatic rings. The van der Waals surface area contributed by atoms with Crippen molar-refractivity contribution in [2.75, 3.05) is 11.1 Å². The summed E-state index contributed by atoms with van der Waals surface area (Å²) in [6.07, 6.45) is 0. The first-order valence-electron chi connectivity index (χ1n) is 5.37. The van der Waals surface area contributed by atoms with Gasteiger partial charge in [0.1, 0.15) is 0 Å². The van der Waals surface area contributed by atoms with Crippen LogP contribution in [0.25, 0.3) is 0 Å². The number of nitrogens with two attached hydrogens (primary N) is 1. The number of nitrogens with one attached hydrogen (secondary N) is 1. The molecule has 0 unspecified atom stereocenters. The number of rotatable bonds is 2. The van der Waals surface area contributed by atoms with Crippen molar-refractivity contribution in [3.8, 4) is 6.07 Å². The monoisotopic (exact) mass is 237 g/mol. The molecule has 0 radical (unpaired) electrons. The Kier molecular flexibility index (Phi) is 3.26. The minimum absolute atomic E-state index is 0.304. The molecular weight excluding hydrogens is 226 g/mol. The van der Waals surface area contributed by atoms with E-state index in [4.69, 9.17) is 11.0 Å².